The number of pyridine rings is 3. The molecular weight excluding hydrogens is 1050 g/mol. The summed E-state index contributed by atoms with van der Waals surface area (Å²) in [5.41, 5.74) is -6.64. The number of piperazine rings is 3. The van der Waals surface area contributed by atoms with Gasteiger partial charge in [-0.3, -0.25) is 14.4 Å². The number of nitrogens with zero attached hydrogens (tertiary/aromatic N) is 9. The molecule has 0 atom stereocenters. The van der Waals surface area contributed by atoms with E-state index in [1.807, 2.05) is 35.8 Å². The van der Waals surface area contributed by atoms with Gasteiger partial charge in [0, 0.05) is 97.1 Å². The van der Waals surface area contributed by atoms with Gasteiger partial charge in [-0.1, -0.05) is 0 Å². The number of hydrogen-bond donors (Lipinski definition) is 3. The van der Waals surface area contributed by atoms with Crippen molar-refractivity contribution in [3.8, 4) is 0 Å². The molecule has 0 radical (unpaired) electrons. The second-order valence-corrected chi connectivity index (χ2v) is 18.8. The van der Waals surface area contributed by atoms with E-state index in [4.69, 9.17) is 15.3 Å². The highest BCUT2D eigenvalue weighted by Gasteiger charge is 2.30. The molecule has 3 N–H and O–H groups in total. The standard InChI is InChI=1S/3C17H18F3N3O3/c3*1-21-4-6-22(7-5-21)15-12(19)8-10-14(13(15)20)23(3-2-18)9-11(16(10)24)17(25)26/h3*8-9H,2-7H2,1H3,(H,25,26). The molecule has 3 aromatic heterocycles. The lowest BCUT2D eigenvalue weighted by Gasteiger charge is -2.34. The van der Waals surface area contributed by atoms with E-state index >= 15 is 13.2 Å². The molecule has 0 spiro atoms. The van der Waals surface area contributed by atoms with E-state index in [0.29, 0.717) is 78.5 Å². The molecule has 420 valence electrons. The van der Waals surface area contributed by atoms with Crippen molar-refractivity contribution in [3.05, 3.63) is 119 Å². The molecule has 3 aromatic carbocycles. The summed E-state index contributed by atoms with van der Waals surface area (Å²) in [5, 5.41) is 26.2. The summed E-state index contributed by atoms with van der Waals surface area (Å²) in [7, 11) is 5.70. The molecule has 0 unspecified atom stereocenters. The number of halogens is 9. The van der Waals surface area contributed by atoms with Crippen molar-refractivity contribution in [3.63, 3.8) is 0 Å². The first-order chi connectivity index (χ1) is 37.0. The molecule has 3 fully saturated rings. The number of anilines is 3. The first-order valence-electron chi connectivity index (χ1n) is 24.4. The molecule has 18 nitrogen and oxygen atoms in total. The van der Waals surface area contributed by atoms with Gasteiger partial charge in [0.15, 0.2) is 17.5 Å². The van der Waals surface area contributed by atoms with Gasteiger partial charge in [0.05, 0.1) is 52.3 Å². The van der Waals surface area contributed by atoms with Crippen LogP contribution in [0.4, 0.5) is 56.6 Å². The monoisotopic (exact) mass is 1110 g/mol. The minimum atomic E-state index is -1.53. The normalized spacial score (nSPS) is 15.6. The Kier molecular flexibility index (Phi) is 18.1. The highest BCUT2D eigenvalue weighted by atomic mass is 19.2. The van der Waals surface area contributed by atoms with Crippen molar-refractivity contribution in [2.24, 2.45) is 0 Å². The number of hydrogen-bond acceptors (Lipinski definition) is 12. The van der Waals surface area contributed by atoms with E-state index < -0.39 is 122 Å². The minimum absolute atomic E-state index is 0.277. The number of likely N-dealkylation sites (N-methyl/N-ethyl adjacent to an activating group) is 3. The zero-order valence-electron chi connectivity index (χ0n) is 42.4. The van der Waals surface area contributed by atoms with Gasteiger partial charge in [-0.25, -0.2) is 53.9 Å². The van der Waals surface area contributed by atoms with Crippen LogP contribution < -0.4 is 31.0 Å². The van der Waals surface area contributed by atoms with Crippen LogP contribution in [-0.2, 0) is 19.6 Å². The highest BCUT2D eigenvalue weighted by molar-refractivity contribution is 5.96. The van der Waals surface area contributed by atoms with Crippen molar-refractivity contribution in [1.82, 2.24) is 28.4 Å². The highest BCUT2D eigenvalue weighted by Crippen LogP contribution is 2.34. The topological polar surface area (TPSA) is 197 Å². The zero-order valence-corrected chi connectivity index (χ0v) is 42.4. The second kappa shape index (κ2) is 24.3. The Balaban J connectivity index is 0.000000170. The second-order valence-electron chi connectivity index (χ2n) is 18.8. The Hall–Kier alpha value is -7.65. The molecule has 27 heteroatoms. The van der Waals surface area contributed by atoms with Gasteiger partial charge in [-0.15, -0.1) is 0 Å². The first-order valence-corrected chi connectivity index (χ1v) is 24.4. The molecule has 6 aromatic rings. The van der Waals surface area contributed by atoms with Crippen LogP contribution in [0, 0.1) is 34.9 Å². The number of alkyl halides is 3. The Morgan fingerprint density at radius 1 is 0.410 bits per heavy atom. The molecular formula is C51H54F9N9O9. The lowest BCUT2D eigenvalue weighted by molar-refractivity contribution is 0.0684. The number of fused-ring (bicyclic) bond motifs is 3. The fourth-order valence-electron chi connectivity index (χ4n) is 9.65. The van der Waals surface area contributed by atoms with E-state index in [1.54, 1.807) is 14.7 Å². The smallest absolute Gasteiger partial charge is 0.341 e. The number of benzene rings is 3. The SMILES string of the molecule is CN1CCN(c2c(F)cc3c(=O)c(C(=O)O)cn(CCF)c3c2F)CC1.CN1CCN(c2c(F)cc3c(=O)c(C(=O)O)cn(CCF)c3c2F)CC1.CN1CCN(c2c(F)cc3c(=O)c(C(=O)O)cn(CCF)c3c2F)CC1. The van der Waals surface area contributed by atoms with Crippen molar-refractivity contribution in [1.29, 1.82) is 0 Å². The van der Waals surface area contributed by atoms with Gasteiger partial charge in [0.2, 0.25) is 16.3 Å². The number of aryl methyl sites for hydroxylation is 3. The van der Waals surface area contributed by atoms with Crippen molar-refractivity contribution >= 4 is 67.7 Å². The lowest BCUT2D eigenvalue weighted by atomic mass is 10.1. The van der Waals surface area contributed by atoms with Crippen LogP contribution in [0.5, 0.6) is 0 Å². The molecule has 0 aliphatic carbocycles. The van der Waals surface area contributed by atoms with Gasteiger partial charge in [-0.05, 0) is 39.3 Å². The van der Waals surface area contributed by atoms with E-state index in [2.05, 4.69) is 0 Å². The fourth-order valence-corrected chi connectivity index (χ4v) is 9.65. The van der Waals surface area contributed by atoms with E-state index in [-0.39, 0.29) is 53.2 Å². The minimum Gasteiger partial charge on any atom is -0.477 e. The Morgan fingerprint density at radius 3 is 0.821 bits per heavy atom. The summed E-state index contributed by atoms with van der Waals surface area (Å²) in [6.07, 6.45) is 2.71. The summed E-state index contributed by atoms with van der Waals surface area (Å²) in [6, 6.07) is 2.53. The van der Waals surface area contributed by atoms with Crippen LogP contribution in [0.2, 0.25) is 0 Å². The van der Waals surface area contributed by atoms with E-state index in [9.17, 15) is 55.1 Å². The maximum Gasteiger partial charge on any atom is 0.341 e. The first kappa shape index (κ1) is 58.0. The van der Waals surface area contributed by atoms with E-state index in [0.717, 1.165) is 50.5 Å². The molecule has 78 heavy (non-hydrogen) atoms. The van der Waals surface area contributed by atoms with Crippen LogP contribution in [0.1, 0.15) is 31.1 Å². The molecule has 3 saturated heterocycles. The predicted octanol–water partition coefficient (Wildman–Crippen LogP) is 5.10. The fraction of sp³-hybridized carbons (Fsp3) is 0.412. The molecule has 6 heterocycles. The number of carboxylic acids is 3. The quantitative estimate of drug-likeness (QED) is 0.137. The Morgan fingerprint density at radius 2 is 0.628 bits per heavy atom. The summed E-state index contributed by atoms with van der Waals surface area (Å²) in [4.78, 5) is 81.3. The number of rotatable bonds is 12. The summed E-state index contributed by atoms with van der Waals surface area (Å²) in [6.45, 7) is 2.39. The van der Waals surface area contributed by atoms with Gasteiger partial charge in [0.1, 0.15) is 71.2 Å². The largest absolute Gasteiger partial charge is 0.477 e. The average molecular weight is 1110 g/mol. The van der Waals surface area contributed by atoms with E-state index in [1.165, 1.54) is 0 Å². The Labute approximate surface area is 437 Å². The van der Waals surface area contributed by atoms with Gasteiger partial charge in [0.25, 0.3) is 0 Å². The van der Waals surface area contributed by atoms with Crippen molar-refractivity contribution in [2.75, 3.05) is 134 Å². The number of aromatic nitrogens is 3. The molecule has 0 saturated carbocycles. The van der Waals surface area contributed by atoms with Crippen LogP contribution >= 0.6 is 0 Å². The molecule has 3 aliphatic heterocycles. The summed E-state index contributed by atoms with van der Waals surface area (Å²) in [5.74, 6) is -10.4. The maximum absolute atomic E-state index is 15.2. The van der Waals surface area contributed by atoms with Crippen LogP contribution in [0.3, 0.4) is 0 Å². The molecule has 0 bridgehead atoms. The van der Waals surface area contributed by atoms with Gasteiger partial charge < -0.3 is 58.4 Å². The Bertz CT molecular complexity index is 3120. The number of aromatic carboxylic acids is 3. The zero-order chi connectivity index (χ0) is 57.0. The summed E-state index contributed by atoms with van der Waals surface area (Å²) >= 11 is 0. The molecule has 3 aliphatic rings. The predicted molar refractivity (Wildman–Crippen MR) is 272 cm³/mol. The van der Waals surface area contributed by atoms with Gasteiger partial charge >= 0.3 is 17.9 Å². The average Bonchev–Trinajstić information content (AvgIpc) is 3.48. The molecule has 0 amide bonds. The maximum atomic E-state index is 15.2. The van der Waals surface area contributed by atoms with Crippen LogP contribution in [0.25, 0.3) is 32.7 Å². The third kappa shape index (κ3) is 11.6. The number of carbonyl (C=O) groups is 3. The van der Waals surface area contributed by atoms with Crippen molar-refractivity contribution < 1.29 is 69.2 Å². The third-order valence-electron chi connectivity index (χ3n) is 13.8. The van der Waals surface area contributed by atoms with Crippen LogP contribution in [-0.4, -0.2) is 181 Å². The molecule has 9 rings (SSSR count). The number of carboxylic acid groups (broad SMARTS) is 3. The third-order valence-corrected chi connectivity index (χ3v) is 13.8. The summed E-state index contributed by atoms with van der Waals surface area (Å²) < 4.78 is 131. The van der Waals surface area contributed by atoms with Crippen molar-refractivity contribution in [2.45, 2.75) is 19.6 Å². The lowest BCUT2D eigenvalue weighted by Crippen LogP contribution is -2.45. The van der Waals surface area contributed by atoms with Gasteiger partial charge in [-0.2, -0.15) is 0 Å². The van der Waals surface area contributed by atoms with Crippen LogP contribution in [0.15, 0.2) is 51.2 Å².